The molecule has 7 heteroatoms. The molecule has 1 saturated heterocycles. The van der Waals surface area contributed by atoms with Crippen molar-refractivity contribution in [3.63, 3.8) is 0 Å². The summed E-state index contributed by atoms with van der Waals surface area (Å²) in [7, 11) is 0. The molecule has 0 radical (unpaired) electrons. The van der Waals surface area contributed by atoms with Gasteiger partial charge in [-0.2, -0.15) is 0 Å². The predicted octanol–water partition coefficient (Wildman–Crippen LogP) is 3.46. The van der Waals surface area contributed by atoms with Crippen molar-refractivity contribution in [1.29, 1.82) is 0 Å². The number of aromatic hydroxyl groups is 1. The normalized spacial score (nSPS) is 15.5. The van der Waals surface area contributed by atoms with Gasteiger partial charge in [0.1, 0.15) is 11.3 Å². The van der Waals surface area contributed by atoms with Crippen LogP contribution in [-0.4, -0.2) is 32.4 Å². The Bertz CT molecular complexity index is 1220. The highest BCUT2D eigenvalue weighted by atomic mass is 16.3. The van der Waals surface area contributed by atoms with Crippen LogP contribution in [0.3, 0.4) is 0 Å². The first kappa shape index (κ1) is 20.2. The van der Waals surface area contributed by atoms with Crippen LogP contribution in [0.4, 0.5) is 4.79 Å². The summed E-state index contributed by atoms with van der Waals surface area (Å²) in [5, 5.41) is 12.1. The van der Waals surface area contributed by atoms with Crippen LogP contribution in [0.25, 0.3) is 11.8 Å². The Morgan fingerprint density at radius 2 is 1.71 bits per heavy atom. The standard InChI is InChI=1S/C24H21N3O4/c1-15-11-18(16(2)27(15)19-9-6-10-20(28)13-19)12-21-22(29)25-24(31)26(23(21)30)14-17-7-4-3-5-8-17/h3-13,28H,14H2,1-2H3,(H,25,29,31)/b21-12+. The van der Waals surface area contributed by atoms with Crippen molar-refractivity contribution in [1.82, 2.24) is 14.8 Å². The van der Waals surface area contributed by atoms with E-state index in [2.05, 4.69) is 5.32 Å². The van der Waals surface area contributed by atoms with E-state index in [4.69, 9.17) is 0 Å². The van der Waals surface area contributed by atoms with Gasteiger partial charge in [0.15, 0.2) is 0 Å². The summed E-state index contributed by atoms with van der Waals surface area (Å²) in [5.74, 6) is -1.22. The van der Waals surface area contributed by atoms with Crippen molar-refractivity contribution in [3.05, 3.63) is 88.8 Å². The van der Waals surface area contributed by atoms with E-state index in [0.29, 0.717) is 5.56 Å². The van der Waals surface area contributed by atoms with Gasteiger partial charge in [-0.15, -0.1) is 0 Å². The van der Waals surface area contributed by atoms with E-state index in [-0.39, 0.29) is 17.9 Å². The summed E-state index contributed by atoms with van der Waals surface area (Å²) >= 11 is 0. The zero-order valence-electron chi connectivity index (χ0n) is 17.1. The van der Waals surface area contributed by atoms with E-state index < -0.39 is 17.8 Å². The van der Waals surface area contributed by atoms with Gasteiger partial charge < -0.3 is 9.67 Å². The Morgan fingerprint density at radius 3 is 2.42 bits per heavy atom. The Kier molecular flexibility index (Phi) is 5.17. The lowest BCUT2D eigenvalue weighted by Gasteiger charge is -2.26. The summed E-state index contributed by atoms with van der Waals surface area (Å²) < 4.78 is 1.92. The number of aryl methyl sites for hydroxylation is 1. The summed E-state index contributed by atoms with van der Waals surface area (Å²) in [6.07, 6.45) is 1.50. The minimum atomic E-state index is -0.735. The number of benzene rings is 2. The molecule has 4 rings (SSSR count). The molecule has 0 saturated carbocycles. The van der Waals surface area contributed by atoms with Gasteiger partial charge in [0.2, 0.25) is 0 Å². The zero-order valence-corrected chi connectivity index (χ0v) is 17.1. The van der Waals surface area contributed by atoms with Crippen molar-refractivity contribution in [2.24, 2.45) is 0 Å². The number of carbonyl (C=O) groups is 3. The topological polar surface area (TPSA) is 91.6 Å². The molecule has 2 aromatic carbocycles. The second kappa shape index (κ2) is 7.95. The molecule has 4 amide bonds. The molecule has 2 heterocycles. The van der Waals surface area contributed by atoms with E-state index in [0.717, 1.165) is 27.5 Å². The largest absolute Gasteiger partial charge is 0.508 e. The van der Waals surface area contributed by atoms with Crippen LogP contribution < -0.4 is 5.32 Å². The second-order valence-electron chi connectivity index (χ2n) is 7.38. The van der Waals surface area contributed by atoms with Crippen LogP contribution in [0.15, 0.2) is 66.2 Å². The molecule has 0 atom stereocenters. The van der Waals surface area contributed by atoms with Gasteiger partial charge in [-0.25, -0.2) is 4.79 Å². The molecule has 1 aliphatic heterocycles. The SMILES string of the molecule is Cc1cc(/C=C2\C(=O)NC(=O)N(Cc3ccccc3)C2=O)c(C)n1-c1cccc(O)c1. The Balaban J connectivity index is 1.70. The number of amides is 4. The molecule has 7 nitrogen and oxygen atoms in total. The molecule has 31 heavy (non-hydrogen) atoms. The molecular weight excluding hydrogens is 394 g/mol. The Labute approximate surface area is 179 Å². The van der Waals surface area contributed by atoms with Gasteiger partial charge in [0.25, 0.3) is 11.8 Å². The van der Waals surface area contributed by atoms with Crippen LogP contribution in [0, 0.1) is 13.8 Å². The number of urea groups is 1. The molecule has 1 aromatic heterocycles. The van der Waals surface area contributed by atoms with Crippen LogP contribution in [-0.2, 0) is 16.1 Å². The fourth-order valence-corrected chi connectivity index (χ4v) is 3.72. The van der Waals surface area contributed by atoms with E-state index in [9.17, 15) is 19.5 Å². The number of imide groups is 2. The van der Waals surface area contributed by atoms with E-state index in [1.165, 1.54) is 6.08 Å². The van der Waals surface area contributed by atoms with Gasteiger partial charge in [-0.3, -0.25) is 19.8 Å². The average molecular weight is 415 g/mol. The minimum Gasteiger partial charge on any atom is -0.508 e. The number of hydrogen-bond acceptors (Lipinski definition) is 4. The van der Waals surface area contributed by atoms with Gasteiger partial charge in [0, 0.05) is 23.1 Å². The highest BCUT2D eigenvalue weighted by Crippen LogP contribution is 2.26. The third-order valence-electron chi connectivity index (χ3n) is 5.23. The van der Waals surface area contributed by atoms with Gasteiger partial charge in [-0.1, -0.05) is 36.4 Å². The van der Waals surface area contributed by atoms with Crippen molar-refractivity contribution in [3.8, 4) is 11.4 Å². The summed E-state index contributed by atoms with van der Waals surface area (Å²) in [5.41, 5.74) is 3.78. The number of rotatable bonds is 4. The van der Waals surface area contributed by atoms with Crippen molar-refractivity contribution >= 4 is 23.9 Å². The second-order valence-corrected chi connectivity index (χ2v) is 7.38. The maximum absolute atomic E-state index is 13.0. The molecule has 156 valence electrons. The van der Waals surface area contributed by atoms with Crippen molar-refractivity contribution < 1.29 is 19.5 Å². The van der Waals surface area contributed by atoms with E-state index >= 15 is 0 Å². The summed E-state index contributed by atoms with van der Waals surface area (Å²) in [6, 6.07) is 17.0. The predicted molar refractivity (Wildman–Crippen MR) is 115 cm³/mol. The number of barbiturate groups is 1. The molecule has 0 unspecified atom stereocenters. The molecule has 0 aliphatic carbocycles. The van der Waals surface area contributed by atoms with Crippen molar-refractivity contribution in [2.45, 2.75) is 20.4 Å². The Hall–Kier alpha value is -4.13. The fraction of sp³-hybridized carbons (Fsp3) is 0.125. The van der Waals surface area contributed by atoms with Gasteiger partial charge >= 0.3 is 6.03 Å². The fourth-order valence-electron chi connectivity index (χ4n) is 3.72. The third-order valence-corrected chi connectivity index (χ3v) is 5.23. The first-order valence-corrected chi connectivity index (χ1v) is 9.76. The minimum absolute atomic E-state index is 0.0679. The number of carbonyl (C=O) groups excluding carboxylic acids is 3. The first-order chi connectivity index (χ1) is 14.8. The quantitative estimate of drug-likeness (QED) is 0.504. The summed E-state index contributed by atoms with van der Waals surface area (Å²) in [6.45, 7) is 3.83. The lowest BCUT2D eigenvalue weighted by atomic mass is 10.1. The monoisotopic (exact) mass is 415 g/mol. The zero-order chi connectivity index (χ0) is 22.1. The molecule has 2 N–H and O–H groups in total. The average Bonchev–Trinajstić information content (AvgIpc) is 3.02. The first-order valence-electron chi connectivity index (χ1n) is 9.76. The highest BCUT2D eigenvalue weighted by Gasteiger charge is 2.35. The number of nitrogens with one attached hydrogen (secondary N) is 1. The third kappa shape index (κ3) is 3.85. The molecule has 1 fully saturated rings. The number of hydrogen-bond donors (Lipinski definition) is 2. The molecule has 0 spiro atoms. The van der Waals surface area contributed by atoms with E-state index in [1.807, 2.05) is 60.9 Å². The smallest absolute Gasteiger partial charge is 0.331 e. The van der Waals surface area contributed by atoms with Gasteiger partial charge in [0.05, 0.1) is 6.54 Å². The molecule has 3 aromatic rings. The number of phenolic OH excluding ortho intramolecular Hbond substituents is 1. The number of aromatic nitrogens is 1. The maximum atomic E-state index is 13.0. The van der Waals surface area contributed by atoms with Crippen LogP contribution in [0.5, 0.6) is 5.75 Å². The lowest BCUT2D eigenvalue weighted by Crippen LogP contribution is -2.53. The van der Waals surface area contributed by atoms with Crippen LogP contribution in [0.2, 0.25) is 0 Å². The van der Waals surface area contributed by atoms with Crippen LogP contribution in [0.1, 0.15) is 22.5 Å². The lowest BCUT2D eigenvalue weighted by molar-refractivity contribution is -0.130. The maximum Gasteiger partial charge on any atom is 0.331 e. The van der Waals surface area contributed by atoms with Crippen molar-refractivity contribution in [2.75, 3.05) is 0 Å². The molecule has 0 bridgehead atoms. The number of nitrogens with zero attached hydrogens (tertiary/aromatic N) is 2. The molecule has 1 aliphatic rings. The van der Waals surface area contributed by atoms with E-state index in [1.54, 1.807) is 18.2 Å². The highest BCUT2D eigenvalue weighted by molar-refractivity contribution is 6.31. The van der Waals surface area contributed by atoms with Gasteiger partial charge in [-0.05, 0) is 49.2 Å². The van der Waals surface area contributed by atoms with Crippen LogP contribution >= 0.6 is 0 Å². The Morgan fingerprint density at radius 1 is 0.968 bits per heavy atom. The number of phenols is 1. The summed E-state index contributed by atoms with van der Waals surface area (Å²) in [4.78, 5) is 38.8. The molecular formula is C24H21N3O4.